The van der Waals surface area contributed by atoms with Crippen molar-refractivity contribution in [3.63, 3.8) is 0 Å². The maximum Gasteiger partial charge on any atom is 0.227 e. The van der Waals surface area contributed by atoms with Gasteiger partial charge in [-0.1, -0.05) is 15.9 Å². The molecule has 1 heterocycles. The molecule has 1 aliphatic carbocycles. The van der Waals surface area contributed by atoms with Crippen LogP contribution in [0.4, 0.5) is 5.82 Å². The Labute approximate surface area is 134 Å². The standard InChI is InChI=1S/C14H13Br2N3O/c1-7-12(17)18-13(8-2-3-8)19-14(7)20-11-5-4-9(15)6-10(11)16/h4-6,8H,2-3H2,1H3,(H2,17,18,19). The SMILES string of the molecule is Cc1c(N)nc(C2CC2)nc1Oc1ccc(Br)cc1Br. The lowest BCUT2D eigenvalue weighted by Gasteiger charge is -2.12. The lowest BCUT2D eigenvalue weighted by atomic mass is 10.3. The first-order chi connectivity index (χ1) is 9.54. The molecule has 4 nitrogen and oxygen atoms in total. The highest BCUT2D eigenvalue weighted by Gasteiger charge is 2.28. The molecule has 0 saturated heterocycles. The number of ether oxygens (including phenoxy) is 1. The molecule has 3 rings (SSSR count). The smallest absolute Gasteiger partial charge is 0.227 e. The summed E-state index contributed by atoms with van der Waals surface area (Å²) in [5.74, 6) is 2.95. The summed E-state index contributed by atoms with van der Waals surface area (Å²) in [4.78, 5) is 8.85. The summed E-state index contributed by atoms with van der Waals surface area (Å²) >= 11 is 6.89. The number of anilines is 1. The third-order valence-electron chi connectivity index (χ3n) is 3.20. The van der Waals surface area contributed by atoms with Gasteiger partial charge in [-0.25, -0.2) is 4.98 Å². The fraction of sp³-hybridized carbons (Fsp3) is 0.286. The second kappa shape index (κ2) is 5.33. The Morgan fingerprint density at radius 3 is 2.65 bits per heavy atom. The van der Waals surface area contributed by atoms with E-state index in [0.29, 0.717) is 23.4 Å². The average Bonchev–Trinajstić information content (AvgIpc) is 3.22. The number of halogens is 2. The first-order valence-corrected chi connectivity index (χ1v) is 7.90. The van der Waals surface area contributed by atoms with Gasteiger partial charge in [0.15, 0.2) is 0 Å². The number of hydrogen-bond donors (Lipinski definition) is 1. The molecule has 20 heavy (non-hydrogen) atoms. The summed E-state index contributed by atoms with van der Waals surface area (Å²) in [6.45, 7) is 1.87. The highest BCUT2D eigenvalue weighted by atomic mass is 79.9. The Bertz CT molecular complexity index is 672. The van der Waals surface area contributed by atoms with E-state index < -0.39 is 0 Å². The minimum atomic E-state index is 0.439. The van der Waals surface area contributed by atoms with Crippen molar-refractivity contribution in [3.8, 4) is 11.6 Å². The van der Waals surface area contributed by atoms with E-state index in [1.807, 2.05) is 25.1 Å². The number of nitrogen functional groups attached to an aromatic ring is 1. The number of nitrogens with zero attached hydrogens (tertiary/aromatic N) is 2. The zero-order chi connectivity index (χ0) is 14.3. The number of rotatable bonds is 3. The van der Waals surface area contributed by atoms with Crippen molar-refractivity contribution in [1.29, 1.82) is 0 Å². The Morgan fingerprint density at radius 2 is 2.00 bits per heavy atom. The first-order valence-electron chi connectivity index (χ1n) is 6.31. The van der Waals surface area contributed by atoms with Gasteiger partial charge in [-0.05, 0) is 53.9 Å². The number of aromatic nitrogens is 2. The second-order valence-corrected chi connectivity index (χ2v) is 6.62. The van der Waals surface area contributed by atoms with Crippen LogP contribution in [0.3, 0.4) is 0 Å². The summed E-state index contributed by atoms with van der Waals surface area (Å²) in [6.07, 6.45) is 2.26. The van der Waals surface area contributed by atoms with E-state index in [4.69, 9.17) is 10.5 Å². The zero-order valence-corrected chi connectivity index (χ0v) is 14.0. The number of benzene rings is 1. The van der Waals surface area contributed by atoms with Crippen molar-refractivity contribution in [2.45, 2.75) is 25.7 Å². The maximum atomic E-state index is 5.95. The predicted molar refractivity (Wildman–Crippen MR) is 85.1 cm³/mol. The van der Waals surface area contributed by atoms with Gasteiger partial charge in [-0.3, -0.25) is 0 Å². The van der Waals surface area contributed by atoms with Gasteiger partial charge < -0.3 is 10.5 Å². The second-order valence-electron chi connectivity index (χ2n) is 4.85. The lowest BCUT2D eigenvalue weighted by molar-refractivity contribution is 0.452. The normalized spacial score (nSPS) is 14.3. The molecule has 0 bridgehead atoms. The van der Waals surface area contributed by atoms with Gasteiger partial charge in [-0.2, -0.15) is 4.98 Å². The van der Waals surface area contributed by atoms with Crippen molar-refractivity contribution in [2.75, 3.05) is 5.73 Å². The molecule has 1 aromatic carbocycles. The summed E-state index contributed by atoms with van der Waals surface area (Å²) in [5.41, 5.74) is 6.72. The van der Waals surface area contributed by atoms with Crippen LogP contribution in [0.1, 0.15) is 30.1 Å². The summed E-state index contributed by atoms with van der Waals surface area (Å²) in [5, 5.41) is 0. The molecule has 0 aliphatic heterocycles. The van der Waals surface area contributed by atoms with Gasteiger partial charge in [0.2, 0.25) is 5.88 Å². The van der Waals surface area contributed by atoms with E-state index in [1.165, 1.54) is 0 Å². The fourth-order valence-corrected chi connectivity index (χ4v) is 2.94. The first kappa shape index (κ1) is 13.8. The predicted octanol–water partition coefficient (Wildman–Crippen LogP) is 4.56. The molecule has 0 unspecified atom stereocenters. The summed E-state index contributed by atoms with van der Waals surface area (Å²) in [7, 11) is 0. The van der Waals surface area contributed by atoms with Crippen LogP contribution in [0.25, 0.3) is 0 Å². The topological polar surface area (TPSA) is 61.0 Å². The third kappa shape index (κ3) is 2.81. The van der Waals surface area contributed by atoms with E-state index in [9.17, 15) is 0 Å². The van der Waals surface area contributed by atoms with Crippen molar-refractivity contribution < 1.29 is 4.74 Å². The van der Waals surface area contributed by atoms with E-state index in [0.717, 1.165) is 33.2 Å². The molecular formula is C14H13Br2N3O. The van der Waals surface area contributed by atoms with E-state index >= 15 is 0 Å². The van der Waals surface area contributed by atoms with Gasteiger partial charge in [0.05, 0.1) is 10.0 Å². The summed E-state index contributed by atoms with van der Waals surface area (Å²) < 4.78 is 7.73. The van der Waals surface area contributed by atoms with Crippen LogP contribution in [0.2, 0.25) is 0 Å². The molecule has 104 valence electrons. The van der Waals surface area contributed by atoms with Crippen LogP contribution in [0.5, 0.6) is 11.6 Å². The Morgan fingerprint density at radius 1 is 1.25 bits per heavy atom. The van der Waals surface area contributed by atoms with Gasteiger partial charge in [0.25, 0.3) is 0 Å². The van der Waals surface area contributed by atoms with Gasteiger partial charge in [0, 0.05) is 10.4 Å². The zero-order valence-electron chi connectivity index (χ0n) is 10.9. The minimum Gasteiger partial charge on any atom is -0.437 e. The van der Waals surface area contributed by atoms with Crippen molar-refractivity contribution in [3.05, 3.63) is 38.5 Å². The third-order valence-corrected chi connectivity index (χ3v) is 4.31. The fourth-order valence-electron chi connectivity index (χ4n) is 1.82. The van der Waals surface area contributed by atoms with E-state index in [1.54, 1.807) is 0 Å². The van der Waals surface area contributed by atoms with Gasteiger partial charge in [-0.15, -0.1) is 0 Å². The molecule has 0 spiro atoms. The van der Waals surface area contributed by atoms with Crippen molar-refractivity contribution in [1.82, 2.24) is 9.97 Å². The Kier molecular flexibility index (Phi) is 3.69. The van der Waals surface area contributed by atoms with Crippen LogP contribution in [0, 0.1) is 6.92 Å². The Hall–Kier alpha value is -1.14. The van der Waals surface area contributed by atoms with E-state index in [2.05, 4.69) is 41.8 Å². The van der Waals surface area contributed by atoms with Crippen LogP contribution in [-0.4, -0.2) is 9.97 Å². The maximum absolute atomic E-state index is 5.95. The quantitative estimate of drug-likeness (QED) is 0.822. The average molecular weight is 399 g/mol. The molecule has 2 aromatic rings. The Balaban J connectivity index is 1.97. The van der Waals surface area contributed by atoms with Crippen LogP contribution in [-0.2, 0) is 0 Å². The van der Waals surface area contributed by atoms with Crippen LogP contribution >= 0.6 is 31.9 Å². The monoisotopic (exact) mass is 397 g/mol. The van der Waals surface area contributed by atoms with Gasteiger partial charge in [0.1, 0.15) is 17.4 Å². The van der Waals surface area contributed by atoms with E-state index in [-0.39, 0.29) is 0 Å². The largest absolute Gasteiger partial charge is 0.437 e. The van der Waals surface area contributed by atoms with Crippen molar-refractivity contribution >= 4 is 37.7 Å². The molecule has 1 aromatic heterocycles. The van der Waals surface area contributed by atoms with Crippen LogP contribution in [0.15, 0.2) is 27.1 Å². The molecule has 1 saturated carbocycles. The molecule has 0 radical (unpaired) electrons. The molecule has 6 heteroatoms. The van der Waals surface area contributed by atoms with Crippen molar-refractivity contribution in [2.24, 2.45) is 0 Å². The van der Waals surface area contributed by atoms with Gasteiger partial charge >= 0.3 is 0 Å². The summed E-state index contributed by atoms with van der Waals surface area (Å²) in [6, 6.07) is 5.72. The highest BCUT2D eigenvalue weighted by molar-refractivity contribution is 9.11. The highest BCUT2D eigenvalue weighted by Crippen LogP contribution is 2.40. The molecular weight excluding hydrogens is 386 g/mol. The lowest BCUT2D eigenvalue weighted by Crippen LogP contribution is -2.04. The van der Waals surface area contributed by atoms with Crippen LogP contribution < -0.4 is 10.5 Å². The molecule has 0 atom stereocenters. The molecule has 1 aliphatic rings. The minimum absolute atomic E-state index is 0.439. The molecule has 2 N–H and O–H groups in total. The molecule has 1 fully saturated rings. The number of hydrogen-bond acceptors (Lipinski definition) is 4. The number of nitrogens with two attached hydrogens (primary N) is 1. The molecule has 0 amide bonds.